The molecule has 1 N–H and O–H groups in total. The van der Waals surface area contributed by atoms with E-state index in [0.29, 0.717) is 0 Å². The van der Waals surface area contributed by atoms with E-state index in [1.165, 1.54) is 0 Å². The molecule has 0 aromatic heterocycles. The van der Waals surface area contributed by atoms with Crippen LogP contribution in [0, 0.1) is 0 Å². The summed E-state index contributed by atoms with van der Waals surface area (Å²) in [6.45, 7) is 1.61. The van der Waals surface area contributed by atoms with Crippen LogP contribution in [0.15, 0.2) is 23.1 Å². The van der Waals surface area contributed by atoms with Crippen LogP contribution in [0.2, 0.25) is 0 Å². The molecule has 0 bridgehead atoms. The van der Waals surface area contributed by atoms with E-state index in [1.54, 1.807) is 0 Å². The summed E-state index contributed by atoms with van der Waals surface area (Å²) in [6.07, 6.45) is 0. The highest BCUT2D eigenvalue weighted by atomic mass is 32.1. The lowest BCUT2D eigenvalue weighted by Crippen LogP contribution is -2.18. The molecular formula is C8H9NOS. The van der Waals surface area contributed by atoms with Gasteiger partial charge < -0.3 is 10.1 Å². The molecule has 1 aromatic carbocycles. The minimum Gasteiger partial charge on any atom is -0.488 e. The average molecular weight is 167 g/mol. The molecule has 0 atom stereocenters. The van der Waals surface area contributed by atoms with Gasteiger partial charge >= 0.3 is 0 Å². The van der Waals surface area contributed by atoms with Gasteiger partial charge in [-0.1, -0.05) is 6.07 Å². The Bertz CT molecular complexity index is 275. The van der Waals surface area contributed by atoms with Gasteiger partial charge in [0.15, 0.2) is 5.75 Å². The van der Waals surface area contributed by atoms with Crippen LogP contribution in [0.5, 0.6) is 5.75 Å². The summed E-state index contributed by atoms with van der Waals surface area (Å²) >= 11 is 4.27. The summed E-state index contributed by atoms with van der Waals surface area (Å²) in [5.74, 6) is 0.877. The van der Waals surface area contributed by atoms with Gasteiger partial charge in [0.25, 0.3) is 0 Å². The molecule has 0 aliphatic carbocycles. The zero-order chi connectivity index (χ0) is 7.68. The van der Waals surface area contributed by atoms with Crippen LogP contribution in [-0.2, 0) is 0 Å². The van der Waals surface area contributed by atoms with E-state index < -0.39 is 0 Å². The van der Waals surface area contributed by atoms with E-state index >= 15 is 0 Å². The molecule has 0 unspecified atom stereocenters. The molecule has 1 aliphatic rings. The molecule has 3 heteroatoms. The van der Waals surface area contributed by atoms with Crippen LogP contribution in [0.1, 0.15) is 0 Å². The first-order valence-corrected chi connectivity index (χ1v) is 4.01. The van der Waals surface area contributed by atoms with E-state index in [-0.39, 0.29) is 0 Å². The van der Waals surface area contributed by atoms with Crippen molar-refractivity contribution in [3.8, 4) is 5.75 Å². The third kappa shape index (κ3) is 1.16. The maximum atomic E-state index is 5.42. The molecular weight excluding hydrogens is 158 g/mol. The number of hydrogen-bond donors (Lipinski definition) is 2. The number of anilines is 1. The van der Waals surface area contributed by atoms with Crippen LogP contribution in [0.4, 0.5) is 5.69 Å². The van der Waals surface area contributed by atoms with Crippen LogP contribution >= 0.6 is 12.6 Å². The Morgan fingerprint density at radius 1 is 1.45 bits per heavy atom. The number of para-hydroxylation sites is 1. The fourth-order valence-electron chi connectivity index (χ4n) is 1.15. The van der Waals surface area contributed by atoms with Gasteiger partial charge in [0.1, 0.15) is 6.61 Å². The largest absolute Gasteiger partial charge is 0.488 e. The van der Waals surface area contributed by atoms with E-state index in [2.05, 4.69) is 17.9 Å². The summed E-state index contributed by atoms with van der Waals surface area (Å²) < 4.78 is 5.42. The lowest BCUT2D eigenvalue weighted by Gasteiger charge is -2.19. The number of ether oxygens (including phenoxy) is 1. The number of fused-ring (bicyclic) bond motifs is 1. The fourth-order valence-corrected chi connectivity index (χ4v) is 1.43. The van der Waals surface area contributed by atoms with Gasteiger partial charge in [-0.15, -0.1) is 12.6 Å². The predicted octanol–water partition coefficient (Wildman–Crippen LogP) is 1.78. The van der Waals surface area contributed by atoms with Crippen molar-refractivity contribution in [3.05, 3.63) is 18.2 Å². The molecule has 2 nitrogen and oxygen atoms in total. The van der Waals surface area contributed by atoms with Gasteiger partial charge in [-0.3, -0.25) is 0 Å². The Balaban J connectivity index is 2.49. The zero-order valence-corrected chi connectivity index (χ0v) is 6.90. The third-order valence-corrected chi connectivity index (χ3v) is 2.01. The molecule has 0 radical (unpaired) electrons. The molecule has 0 saturated carbocycles. The molecule has 58 valence electrons. The molecule has 1 heterocycles. The molecule has 1 aromatic rings. The highest BCUT2D eigenvalue weighted by Crippen LogP contribution is 2.32. The van der Waals surface area contributed by atoms with Crippen molar-refractivity contribution in [2.75, 3.05) is 18.5 Å². The van der Waals surface area contributed by atoms with Gasteiger partial charge in [0, 0.05) is 11.4 Å². The SMILES string of the molecule is Sc1cccc2c1OCCN2. The quantitative estimate of drug-likeness (QED) is 0.575. The van der Waals surface area contributed by atoms with Crippen LogP contribution in [0.25, 0.3) is 0 Å². The standard InChI is InChI=1S/C8H9NOS/c11-7-3-1-2-6-8(7)10-5-4-9-6/h1-3,9,11H,4-5H2. The normalized spacial score (nSPS) is 14.6. The molecule has 0 amide bonds. The Labute approximate surface area is 71.0 Å². The van der Waals surface area contributed by atoms with Crippen LogP contribution in [0.3, 0.4) is 0 Å². The third-order valence-electron chi connectivity index (χ3n) is 1.66. The van der Waals surface area contributed by atoms with Gasteiger partial charge in [-0.2, -0.15) is 0 Å². The molecule has 1 aliphatic heterocycles. The Morgan fingerprint density at radius 2 is 2.36 bits per heavy atom. The maximum absolute atomic E-state index is 5.42. The Hall–Kier alpha value is -0.830. The first-order valence-electron chi connectivity index (χ1n) is 3.56. The van der Waals surface area contributed by atoms with E-state index in [9.17, 15) is 0 Å². The maximum Gasteiger partial charge on any atom is 0.155 e. The van der Waals surface area contributed by atoms with Crippen LogP contribution < -0.4 is 10.1 Å². The van der Waals surface area contributed by atoms with Crippen molar-refractivity contribution in [2.45, 2.75) is 4.90 Å². The zero-order valence-electron chi connectivity index (χ0n) is 6.00. The number of hydrogen-bond acceptors (Lipinski definition) is 3. The second kappa shape index (κ2) is 2.66. The summed E-state index contributed by atoms with van der Waals surface area (Å²) in [4.78, 5) is 0.898. The molecule has 11 heavy (non-hydrogen) atoms. The van der Waals surface area contributed by atoms with Crippen molar-refractivity contribution in [3.63, 3.8) is 0 Å². The van der Waals surface area contributed by atoms with Gasteiger partial charge in [0.2, 0.25) is 0 Å². The van der Waals surface area contributed by atoms with Crippen molar-refractivity contribution < 1.29 is 4.74 Å². The van der Waals surface area contributed by atoms with Gasteiger partial charge in [-0.25, -0.2) is 0 Å². The van der Waals surface area contributed by atoms with Crippen molar-refractivity contribution >= 4 is 18.3 Å². The first-order chi connectivity index (χ1) is 5.38. The van der Waals surface area contributed by atoms with E-state index in [0.717, 1.165) is 29.5 Å². The summed E-state index contributed by atoms with van der Waals surface area (Å²) in [7, 11) is 0. The highest BCUT2D eigenvalue weighted by Gasteiger charge is 2.10. The highest BCUT2D eigenvalue weighted by molar-refractivity contribution is 7.80. The average Bonchev–Trinajstić information content (AvgIpc) is 2.06. The summed E-state index contributed by atoms with van der Waals surface area (Å²) in [6, 6.07) is 5.88. The summed E-state index contributed by atoms with van der Waals surface area (Å²) in [5, 5.41) is 3.23. The first kappa shape index (κ1) is 6.85. The Kier molecular flexibility index (Phi) is 1.66. The number of nitrogens with one attached hydrogen (secondary N) is 1. The second-order valence-electron chi connectivity index (χ2n) is 2.43. The van der Waals surface area contributed by atoms with Crippen LogP contribution in [-0.4, -0.2) is 13.2 Å². The smallest absolute Gasteiger partial charge is 0.155 e. The minimum atomic E-state index is 0.727. The molecule has 0 spiro atoms. The Morgan fingerprint density at radius 3 is 3.18 bits per heavy atom. The van der Waals surface area contributed by atoms with Crippen molar-refractivity contribution in [1.82, 2.24) is 0 Å². The summed E-state index contributed by atoms with van der Waals surface area (Å²) in [5.41, 5.74) is 1.05. The number of benzene rings is 1. The van der Waals surface area contributed by atoms with Crippen molar-refractivity contribution in [1.29, 1.82) is 0 Å². The minimum absolute atomic E-state index is 0.727. The number of rotatable bonds is 0. The van der Waals surface area contributed by atoms with E-state index in [4.69, 9.17) is 4.74 Å². The second-order valence-corrected chi connectivity index (χ2v) is 2.91. The fraction of sp³-hybridized carbons (Fsp3) is 0.250. The molecule has 0 saturated heterocycles. The topological polar surface area (TPSA) is 21.3 Å². The number of thiol groups is 1. The molecule has 2 rings (SSSR count). The monoisotopic (exact) mass is 167 g/mol. The predicted molar refractivity (Wildman–Crippen MR) is 47.7 cm³/mol. The van der Waals surface area contributed by atoms with Gasteiger partial charge in [-0.05, 0) is 12.1 Å². The molecule has 0 fully saturated rings. The lowest BCUT2D eigenvalue weighted by molar-refractivity contribution is 0.316. The lowest BCUT2D eigenvalue weighted by atomic mass is 10.2. The van der Waals surface area contributed by atoms with Crippen molar-refractivity contribution in [2.24, 2.45) is 0 Å². The van der Waals surface area contributed by atoms with E-state index in [1.807, 2.05) is 18.2 Å². The van der Waals surface area contributed by atoms with Gasteiger partial charge in [0.05, 0.1) is 5.69 Å².